The van der Waals surface area contributed by atoms with Gasteiger partial charge in [0.2, 0.25) is 0 Å². The molecule has 28 heavy (non-hydrogen) atoms. The van der Waals surface area contributed by atoms with E-state index in [1.54, 1.807) is 0 Å². The highest BCUT2D eigenvalue weighted by Crippen LogP contribution is 2.59. The summed E-state index contributed by atoms with van der Waals surface area (Å²) >= 11 is 0. The topological polar surface area (TPSA) is 31.4 Å². The van der Waals surface area contributed by atoms with Crippen LogP contribution in [0.3, 0.4) is 0 Å². The van der Waals surface area contributed by atoms with Crippen LogP contribution in [0, 0.1) is 35.5 Å². The molecule has 0 atom stereocenters. The molecular weight excluding hydrogens is 346 g/mol. The lowest BCUT2D eigenvalue weighted by Crippen LogP contribution is -2.54. The van der Waals surface area contributed by atoms with Crippen LogP contribution in [0.5, 0.6) is 11.6 Å². The third-order valence-electron chi connectivity index (χ3n) is 9.34. The molecule has 1 aromatic rings. The Morgan fingerprint density at radius 2 is 1.07 bits per heavy atom. The summed E-state index contributed by atoms with van der Waals surface area (Å²) in [6.45, 7) is 0. The van der Waals surface area contributed by atoms with Crippen LogP contribution < -0.4 is 9.47 Å². The molecule has 9 rings (SSSR count). The quantitative estimate of drug-likeness (QED) is 0.665. The maximum Gasteiger partial charge on any atom is 0.257 e. The van der Waals surface area contributed by atoms with Gasteiger partial charge in [0.25, 0.3) is 5.88 Å². The number of hydrogen-bond acceptors (Lipinski definition) is 3. The summed E-state index contributed by atoms with van der Waals surface area (Å²) in [6, 6.07) is 4.16. The second kappa shape index (κ2) is 5.67. The third kappa shape index (κ3) is 2.57. The maximum atomic E-state index is 6.87. The van der Waals surface area contributed by atoms with Crippen LogP contribution in [-0.4, -0.2) is 16.2 Å². The molecule has 8 aliphatic carbocycles. The number of hydrogen-bond donors (Lipinski definition) is 0. The second-order valence-electron chi connectivity index (χ2n) is 11.7. The van der Waals surface area contributed by atoms with Gasteiger partial charge in [0.1, 0.15) is 11.2 Å². The Morgan fingerprint density at radius 3 is 1.54 bits per heavy atom. The van der Waals surface area contributed by atoms with Gasteiger partial charge in [-0.25, -0.2) is 4.98 Å². The molecule has 8 fully saturated rings. The monoisotopic (exact) mass is 379 g/mol. The zero-order valence-electron chi connectivity index (χ0n) is 16.9. The zero-order valence-corrected chi connectivity index (χ0v) is 16.9. The lowest BCUT2D eigenvalue weighted by atomic mass is 9.54. The normalized spacial score (nSPS) is 50.1. The van der Waals surface area contributed by atoms with Crippen LogP contribution in [0.2, 0.25) is 0 Å². The SMILES string of the molecule is c1cnc(OC23CC4CC(CC(C4)C2)C3)c(OC23CC4CC(CC(C4)C2)C3)c1. The average molecular weight is 380 g/mol. The van der Waals surface area contributed by atoms with E-state index in [0.717, 1.165) is 47.1 Å². The van der Waals surface area contributed by atoms with Crippen molar-refractivity contribution in [3.63, 3.8) is 0 Å². The van der Waals surface area contributed by atoms with Crippen molar-refractivity contribution in [2.75, 3.05) is 0 Å². The Kier molecular flexibility index (Phi) is 3.35. The molecule has 8 bridgehead atoms. The van der Waals surface area contributed by atoms with Crippen LogP contribution in [0.1, 0.15) is 77.0 Å². The molecule has 0 amide bonds. The fraction of sp³-hybridized carbons (Fsp3) is 0.800. The van der Waals surface area contributed by atoms with E-state index in [1.165, 1.54) is 77.0 Å². The Morgan fingerprint density at radius 1 is 0.643 bits per heavy atom. The van der Waals surface area contributed by atoms with E-state index in [-0.39, 0.29) is 11.2 Å². The molecule has 0 spiro atoms. The van der Waals surface area contributed by atoms with Crippen molar-refractivity contribution in [1.29, 1.82) is 0 Å². The largest absolute Gasteiger partial charge is 0.482 e. The summed E-state index contributed by atoms with van der Waals surface area (Å²) in [4.78, 5) is 4.71. The molecule has 0 saturated heterocycles. The van der Waals surface area contributed by atoms with Gasteiger partial charge in [-0.05, 0) is 125 Å². The van der Waals surface area contributed by atoms with Gasteiger partial charge in [-0.1, -0.05) is 0 Å². The Balaban J connectivity index is 1.17. The summed E-state index contributed by atoms with van der Waals surface area (Å²) in [6.07, 6.45) is 18.1. The third-order valence-corrected chi connectivity index (χ3v) is 9.34. The van der Waals surface area contributed by atoms with Crippen molar-refractivity contribution >= 4 is 0 Å². The fourth-order valence-electron chi connectivity index (χ4n) is 9.28. The van der Waals surface area contributed by atoms with Gasteiger partial charge in [0.15, 0.2) is 5.75 Å². The Hall–Kier alpha value is -1.25. The number of pyridine rings is 1. The first-order valence-corrected chi connectivity index (χ1v) is 12.0. The summed E-state index contributed by atoms with van der Waals surface area (Å²) in [5.74, 6) is 7.09. The van der Waals surface area contributed by atoms with Crippen LogP contribution >= 0.6 is 0 Å². The summed E-state index contributed by atoms with van der Waals surface area (Å²) in [5.41, 5.74) is 0.111. The first-order chi connectivity index (χ1) is 13.6. The van der Waals surface area contributed by atoms with E-state index in [0.29, 0.717) is 0 Å². The van der Waals surface area contributed by atoms with Gasteiger partial charge in [0.05, 0.1) is 0 Å². The molecule has 8 saturated carbocycles. The van der Waals surface area contributed by atoms with Crippen LogP contribution in [0.4, 0.5) is 0 Å². The van der Waals surface area contributed by atoms with E-state index >= 15 is 0 Å². The highest BCUT2D eigenvalue weighted by Gasteiger charge is 2.54. The van der Waals surface area contributed by atoms with Gasteiger partial charge in [-0.3, -0.25) is 0 Å². The zero-order chi connectivity index (χ0) is 18.3. The van der Waals surface area contributed by atoms with Crippen molar-refractivity contribution in [2.24, 2.45) is 35.5 Å². The molecule has 1 heterocycles. The minimum atomic E-state index is 0.0443. The highest BCUT2D eigenvalue weighted by molar-refractivity contribution is 5.34. The van der Waals surface area contributed by atoms with E-state index in [1.807, 2.05) is 12.3 Å². The standard InChI is InChI=1S/C25H33NO2/c1-2-22(27-24-10-16-4-17(11-24)6-18(5-16)12-24)23(26-3-1)28-25-13-19-7-20(14-25)9-21(8-19)15-25/h1-3,16-21H,4-15H2. The predicted octanol–water partition coefficient (Wildman–Crippen LogP) is 5.78. The molecule has 1 aromatic heterocycles. The van der Waals surface area contributed by atoms with E-state index in [9.17, 15) is 0 Å². The van der Waals surface area contributed by atoms with E-state index in [4.69, 9.17) is 14.5 Å². The highest BCUT2D eigenvalue weighted by atomic mass is 16.5. The first kappa shape index (κ1) is 16.5. The van der Waals surface area contributed by atoms with Crippen LogP contribution in [-0.2, 0) is 0 Å². The molecule has 3 heteroatoms. The number of aromatic nitrogens is 1. The first-order valence-electron chi connectivity index (χ1n) is 12.0. The van der Waals surface area contributed by atoms with Crippen molar-refractivity contribution in [3.05, 3.63) is 18.3 Å². The number of nitrogens with zero attached hydrogens (tertiary/aromatic N) is 1. The van der Waals surface area contributed by atoms with Crippen molar-refractivity contribution in [1.82, 2.24) is 4.98 Å². The molecule has 0 radical (unpaired) electrons. The smallest absolute Gasteiger partial charge is 0.257 e. The summed E-state index contributed by atoms with van der Waals surface area (Å²) < 4.78 is 13.7. The van der Waals surface area contributed by atoms with Crippen molar-refractivity contribution in [3.8, 4) is 11.6 Å². The average Bonchev–Trinajstić information content (AvgIpc) is 2.60. The van der Waals surface area contributed by atoms with Crippen LogP contribution in [0.25, 0.3) is 0 Å². The second-order valence-corrected chi connectivity index (χ2v) is 11.7. The molecule has 0 N–H and O–H groups in total. The van der Waals surface area contributed by atoms with Gasteiger partial charge >= 0.3 is 0 Å². The van der Waals surface area contributed by atoms with Gasteiger partial charge in [-0.2, -0.15) is 0 Å². The maximum absolute atomic E-state index is 6.87. The number of ether oxygens (including phenoxy) is 2. The molecule has 0 aliphatic heterocycles. The molecule has 8 aliphatic rings. The minimum Gasteiger partial charge on any atom is -0.482 e. The predicted molar refractivity (Wildman–Crippen MR) is 107 cm³/mol. The fourth-order valence-corrected chi connectivity index (χ4v) is 9.28. The molecule has 0 unspecified atom stereocenters. The Labute approximate surface area is 168 Å². The minimum absolute atomic E-state index is 0.0443. The lowest BCUT2D eigenvalue weighted by Gasteiger charge is -2.57. The van der Waals surface area contributed by atoms with E-state index in [2.05, 4.69) is 6.07 Å². The Bertz CT molecular complexity index is 651. The molecule has 0 aromatic carbocycles. The number of rotatable bonds is 4. The lowest BCUT2D eigenvalue weighted by molar-refractivity contribution is -0.121. The van der Waals surface area contributed by atoms with Crippen molar-refractivity contribution in [2.45, 2.75) is 88.3 Å². The van der Waals surface area contributed by atoms with E-state index < -0.39 is 0 Å². The summed E-state index contributed by atoms with van der Waals surface area (Å²) in [5, 5.41) is 0. The molecule has 3 nitrogen and oxygen atoms in total. The van der Waals surface area contributed by atoms with Gasteiger partial charge < -0.3 is 9.47 Å². The van der Waals surface area contributed by atoms with Gasteiger partial charge in [0, 0.05) is 6.20 Å². The van der Waals surface area contributed by atoms with Crippen molar-refractivity contribution < 1.29 is 9.47 Å². The van der Waals surface area contributed by atoms with Gasteiger partial charge in [-0.15, -0.1) is 0 Å². The molecule has 150 valence electrons. The summed E-state index contributed by atoms with van der Waals surface area (Å²) in [7, 11) is 0. The molecular formula is C25H33NO2. The van der Waals surface area contributed by atoms with Crippen LogP contribution in [0.15, 0.2) is 18.3 Å².